The van der Waals surface area contributed by atoms with Crippen molar-refractivity contribution in [1.29, 1.82) is 0 Å². The minimum absolute atomic E-state index is 0.737. The number of aryl methyl sites for hydroxylation is 2. The summed E-state index contributed by atoms with van der Waals surface area (Å²) in [5.41, 5.74) is 10.6. The fraction of sp³-hybridized carbons (Fsp3) is 0.214. The summed E-state index contributed by atoms with van der Waals surface area (Å²) in [5, 5.41) is 2.11. The number of hydrogen-bond acceptors (Lipinski definition) is 3. The average Bonchev–Trinajstić information content (AvgIpc) is 2.92. The summed E-state index contributed by atoms with van der Waals surface area (Å²) < 4.78 is 2.03. The Morgan fingerprint density at radius 2 is 2.00 bits per heavy atom. The number of imidazole rings is 1. The predicted molar refractivity (Wildman–Crippen MR) is 77.0 cm³/mol. The zero-order valence-electron chi connectivity index (χ0n) is 10.5. The average molecular weight is 257 g/mol. The first kappa shape index (κ1) is 11.3. The molecule has 92 valence electrons. The Balaban J connectivity index is 2.18. The van der Waals surface area contributed by atoms with Gasteiger partial charge in [-0.05, 0) is 24.5 Å². The quantitative estimate of drug-likeness (QED) is 0.763. The van der Waals surface area contributed by atoms with Crippen molar-refractivity contribution in [2.24, 2.45) is 0 Å². The number of anilines is 1. The molecule has 3 nitrogen and oxygen atoms in total. The van der Waals surface area contributed by atoms with Gasteiger partial charge in [0.15, 0.2) is 4.96 Å². The maximum absolute atomic E-state index is 6.08. The molecule has 0 aliphatic heterocycles. The molecular weight excluding hydrogens is 242 g/mol. The Kier molecular flexibility index (Phi) is 2.59. The molecule has 1 aromatic carbocycles. The number of fused-ring (bicyclic) bond motifs is 1. The summed E-state index contributed by atoms with van der Waals surface area (Å²) in [6.07, 6.45) is 1.06. The van der Waals surface area contributed by atoms with Crippen molar-refractivity contribution in [3.05, 3.63) is 40.9 Å². The van der Waals surface area contributed by atoms with Crippen LogP contribution in [0.4, 0.5) is 5.82 Å². The third-order valence-electron chi connectivity index (χ3n) is 3.24. The van der Waals surface area contributed by atoms with Gasteiger partial charge >= 0.3 is 0 Å². The van der Waals surface area contributed by atoms with E-state index in [1.54, 1.807) is 11.3 Å². The fourth-order valence-electron chi connectivity index (χ4n) is 2.10. The van der Waals surface area contributed by atoms with E-state index in [-0.39, 0.29) is 0 Å². The third-order valence-corrected chi connectivity index (χ3v) is 4.07. The molecule has 4 heteroatoms. The van der Waals surface area contributed by atoms with Gasteiger partial charge in [-0.25, -0.2) is 4.98 Å². The minimum atomic E-state index is 0.737. The van der Waals surface area contributed by atoms with E-state index >= 15 is 0 Å². The van der Waals surface area contributed by atoms with Crippen LogP contribution in [0.5, 0.6) is 0 Å². The summed E-state index contributed by atoms with van der Waals surface area (Å²) in [4.78, 5) is 5.41. The Morgan fingerprint density at radius 3 is 2.67 bits per heavy atom. The first-order valence-electron chi connectivity index (χ1n) is 6.02. The molecule has 0 aliphatic rings. The summed E-state index contributed by atoms with van der Waals surface area (Å²) in [5.74, 6) is 0.737. The van der Waals surface area contributed by atoms with Gasteiger partial charge in [0.1, 0.15) is 5.82 Å². The molecule has 0 unspecified atom stereocenters. The van der Waals surface area contributed by atoms with Gasteiger partial charge in [0.25, 0.3) is 0 Å². The van der Waals surface area contributed by atoms with Gasteiger partial charge in [-0.3, -0.25) is 4.40 Å². The lowest BCUT2D eigenvalue weighted by molar-refractivity contribution is 1.14. The number of nitrogen functional groups attached to an aromatic ring is 1. The van der Waals surface area contributed by atoms with Crippen molar-refractivity contribution >= 4 is 22.1 Å². The molecule has 0 bridgehead atoms. The van der Waals surface area contributed by atoms with Crippen molar-refractivity contribution in [3.8, 4) is 11.3 Å². The molecule has 0 radical (unpaired) electrons. The van der Waals surface area contributed by atoms with Crippen LogP contribution in [0.1, 0.15) is 18.2 Å². The highest BCUT2D eigenvalue weighted by Gasteiger charge is 2.12. The van der Waals surface area contributed by atoms with E-state index < -0.39 is 0 Å². The standard InChI is InChI=1S/C14H15N3S/c1-3-10-4-6-11(7-5-10)12-8-18-14-16-9(2)13(15)17(12)14/h4-8H,3,15H2,1-2H3. The molecule has 2 N–H and O–H groups in total. The number of thiazole rings is 1. The van der Waals surface area contributed by atoms with E-state index in [1.165, 1.54) is 11.1 Å². The molecular formula is C14H15N3S. The van der Waals surface area contributed by atoms with E-state index in [0.717, 1.165) is 28.6 Å². The minimum Gasteiger partial charge on any atom is -0.383 e. The number of aromatic nitrogens is 2. The summed E-state index contributed by atoms with van der Waals surface area (Å²) in [6, 6.07) is 8.63. The summed E-state index contributed by atoms with van der Waals surface area (Å²) in [7, 11) is 0. The van der Waals surface area contributed by atoms with Crippen molar-refractivity contribution in [3.63, 3.8) is 0 Å². The first-order valence-corrected chi connectivity index (χ1v) is 6.90. The summed E-state index contributed by atoms with van der Waals surface area (Å²) in [6.45, 7) is 4.11. The second-order valence-corrected chi connectivity index (χ2v) is 5.21. The zero-order chi connectivity index (χ0) is 12.7. The smallest absolute Gasteiger partial charge is 0.196 e. The van der Waals surface area contributed by atoms with Gasteiger partial charge in [0.05, 0.1) is 11.4 Å². The SMILES string of the molecule is CCc1ccc(-c2csc3nc(C)c(N)n23)cc1. The van der Waals surface area contributed by atoms with Crippen LogP contribution in [0, 0.1) is 6.92 Å². The highest BCUT2D eigenvalue weighted by atomic mass is 32.1. The van der Waals surface area contributed by atoms with Gasteiger partial charge < -0.3 is 5.73 Å². The number of nitrogens with zero attached hydrogens (tertiary/aromatic N) is 2. The van der Waals surface area contributed by atoms with E-state index in [1.807, 2.05) is 11.3 Å². The Bertz CT molecular complexity index is 692. The molecule has 2 aromatic heterocycles. The molecule has 0 atom stereocenters. The van der Waals surface area contributed by atoms with Crippen LogP contribution < -0.4 is 5.73 Å². The van der Waals surface area contributed by atoms with Crippen LogP contribution in [-0.4, -0.2) is 9.38 Å². The summed E-state index contributed by atoms with van der Waals surface area (Å²) >= 11 is 1.63. The maximum Gasteiger partial charge on any atom is 0.196 e. The number of rotatable bonds is 2. The molecule has 0 saturated heterocycles. The van der Waals surface area contributed by atoms with E-state index in [9.17, 15) is 0 Å². The fourth-order valence-corrected chi connectivity index (χ4v) is 3.05. The lowest BCUT2D eigenvalue weighted by Crippen LogP contribution is -1.95. The Labute approximate surface area is 110 Å². The van der Waals surface area contributed by atoms with Crippen LogP contribution in [-0.2, 0) is 6.42 Å². The maximum atomic E-state index is 6.08. The molecule has 0 spiro atoms. The lowest BCUT2D eigenvalue weighted by Gasteiger charge is -2.03. The van der Waals surface area contributed by atoms with Crippen LogP contribution in [0.3, 0.4) is 0 Å². The van der Waals surface area contributed by atoms with Crippen molar-refractivity contribution in [1.82, 2.24) is 9.38 Å². The molecule has 0 amide bonds. The van der Waals surface area contributed by atoms with Crippen LogP contribution in [0.2, 0.25) is 0 Å². The number of hydrogen-bond donors (Lipinski definition) is 1. The van der Waals surface area contributed by atoms with E-state index in [4.69, 9.17) is 5.73 Å². The van der Waals surface area contributed by atoms with Crippen LogP contribution >= 0.6 is 11.3 Å². The van der Waals surface area contributed by atoms with Gasteiger partial charge in [0, 0.05) is 5.38 Å². The highest BCUT2D eigenvalue weighted by molar-refractivity contribution is 7.15. The predicted octanol–water partition coefficient (Wildman–Crippen LogP) is 3.52. The van der Waals surface area contributed by atoms with Crippen molar-refractivity contribution < 1.29 is 0 Å². The van der Waals surface area contributed by atoms with Crippen molar-refractivity contribution in [2.45, 2.75) is 20.3 Å². The second kappa shape index (κ2) is 4.14. The van der Waals surface area contributed by atoms with E-state index in [0.29, 0.717) is 0 Å². The lowest BCUT2D eigenvalue weighted by atomic mass is 10.1. The highest BCUT2D eigenvalue weighted by Crippen LogP contribution is 2.29. The Morgan fingerprint density at radius 1 is 1.28 bits per heavy atom. The topological polar surface area (TPSA) is 43.3 Å². The largest absolute Gasteiger partial charge is 0.383 e. The number of nitrogens with two attached hydrogens (primary N) is 1. The molecule has 0 saturated carbocycles. The van der Waals surface area contributed by atoms with Crippen LogP contribution in [0.25, 0.3) is 16.2 Å². The molecule has 0 aliphatic carbocycles. The normalized spacial score (nSPS) is 11.2. The molecule has 18 heavy (non-hydrogen) atoms. The second-order valence-electron chi connectivity index (χ2n) is 4.37. The monoisotopic (exact) mass is 257 g/mol. The van der Waals surface area contributed by atoms with Gasteiger partial charge in [-0.1, -0.05) is 31.2 Å². The third kappa shape index (κ3) is 1.61. The molecule has 3 aromatic rings. The van der Waals surface area contributed by atoms with Gasteiger partial charge in [-0.2, -0.15) is 0 Å². The van der Waals surface area contributed by atoms with E-state index in [2.05, 4.69) is 41.6 Å². The number of benzene rings is 1. The molecule has 3 rings (SSSR count). The van der Waals surface area contributed by atoms with Gasteiger partial charge in [-0.15, -0.1) is 11.3 Å². The van der Waals surface area contributed by atoms with Gasteiger partial charge in [0.2, 0.25) is 0 Å². The molecule has 2 heterocycles. The zero-order valence-corrected chi connectivity index (χ0v) is 11.3. The Hall–Kier alpha value is -1.81. The molecule has 0 fully saturated rings. The van der Waals surface area contributed by atoms with Crippen molar-refractivity contribution in [2.75, 3.05) is 5.73 Å². The first-order chi connectivity index (χ1) is 8.70. The van der Waals surface area contributed by atoms with Crippen LogP contribution in [0.15, 0.2) is 29.6 Å².